The minimum atomic E-state index is -3.74. The van der Waals surface area contributed by atoms with Crippen molar-refractivity contribution in [3.05, 3.63) is 42.7 Å². The molecule has 0 saturated carbocycles. The molecule has 0 aliphatic carbocycles. The third kappa shape index (κ3) is 3.33. The van der Waals surface area contributed by atoms with E-state index in [2.05, 4.69) is 6.58 Å². The molecule has 1 heterocycles. The molecule has 0 amide bonds. The third-order valence-electron chi connectivity index (χ3n) is 3.97. The van der Waals surface area contributed by atoms with E-state index in [1.165, 1.54) is 22.5 Å². The van der Waals surface area contributed by atoms with E-state index in [-0.39, 0.29) is 18.0 Å². The molecule has 1 aliphatic heterocycles. The Morgan fingerprint density at radius 3 is 2.86 bits per heavy atom. The highest BCUT2D eigenvalue weighted by Gasteiger charge is 2.39. The maximum Gasteiger partial charge on any atom is 0.243 e. The Balaban J connectivity index is 2.30. The van der Waals surface area contributed by atoms with Crippen molar-refractivity contribution in [1.29, 1.82) is 0 Å². The van der Waals surface area contributed by atoms with Gasteiger partial charge in [0.05, 0.1) is 11.5 Å². The quantitative estimate of drug-likeness (QED) is 0.848. The van der Waals surface area contributed by atoms with Crippen LogP contribution < -0.4 is 0 Å². The number of hydrogen-bond acceptors (Lipinski definition) is 3. The van der Waals surface area contributed by atoms with Crippen LogP contribution in [0.15, 0.2) is 41.8 Å². The second kappa shape index (κ2) is 6.25. The van der Waals surface area contributed by atoms with Gasteiger partial charge in [0.25, 0.3) is 0 Å². The lowest BCUT2D eigenvalue weighted by Crippen LogP contribution is -2.47. The largest absolute Gasteiger partial charge is 0.396 e. The summed E-state index contributed by atoms with van der Waals surface area (Å²) in [6.45, 7) is 4.20. The molecule has 0 aromatic heterocycles. The summed E-state index contributed by atoms with van der Waals surface area (Å²) in [6.07, 6.45) is 3.68. The van der Waals surface area contributed by atoms with Crippen molar-refractivity contribution in [3.63, 3.8) is 0 Å². The summed E-state index contributed by atoms with van der Waals surface area (Å²) in [5.74, 6) is -0.576. The van der Waals surface area contributed by atoms with Crippen LogP contribution in [0, 0.1) is 11.2 Å². The van der Waals surface area contributed by atoms with E-state index in [9.17, 15) is 17.9 Å². The number of halogens is 1. The first-order valence-electron chi connectivity index (χ1n) is 6.91. The number of piperidine rings is 1. The fraction of sp³-hybridized carbons (Fsp3) is 0.467. The van der Waals surface area contributed by atoms with Crippen molar-refractivity contribution >= 4 is 10.0 Å². The Labute approximate surface area is 125 Å². The predicted octanol–water partition coefficient (Wildman–Crippen LogP) is 2.17. The number of hydrogen-bond donors (Lipinski definition) is 1. The van der Waals surface area contributed by atoms with Gasteiger partial charge in [-0.1, -0.05) is 12.1 Å². The van der Waals surface area contributed by atoms with E-state index in [4.69, 9.17) is 0 Å². The van der Waals surface area contributed by atoms with Gasteiger partial charge < -0.3 is 5.11 Å². The molecule has 6 heteroatoms. The van der Waals surface area contributed by atoms with E-state index >= 15 is 0 Å². The monoisotopic (exact) mass is 313 g/mol. The number of rotatable bonds is 5. The highest BCUT2D eigenvalue weighted by Crippen LogP contribution is 2.35. The van der Waals surface area contributed by atoms with Gasteiger partial charge in [-0.15, -0.1) is 6.58 Å². The molecule has 0 unspecified atom stereocenters. The number of nitrogens with zero attached hydrogens (tertiary/aromatic N) is 1. The number of allylic oxidation sites excluding steroid dienone is 1. The molecule has 1 aromatic carbocycles. The van der Waals surface area contributed by atoms with Crippen LogP contribution >= 0.6 is 0 Å². The second-order valence-corrected chi connectivity index (χ2v) is 7.49. The average Bonchev–Trinajstić information content (AvgIpc) is 2.48. The molecule has 1 atom stereocenters. The van der Waals surface area contributed by atoms with Crippen LogP contribution in [0.4, 0.5) is 4.39 Å². The number of aliphatic hydroxyl groups is 1. The predicted molar refractivity (Wildman–Crippen MR) is 78.7 cm³/mol. The van der Waals surface area contributed by atoms with Gasteiger partial charge in [0.2, 0.25) is 10.0 Å². The summed E-state index contributed by atoms with van der Waals surface area (Å²) < 4.78 is 39.8. The summed E-state index contributed by atoms with van der Waals surface area (Å²) >= 11 is 0. The lowest BCUT2D eigenvalue weighted by molar-refractivity contribution is 0.0669. The number of sulfonamides is 1. The summed E-state index contributed by atoms with van der Waals surface area (Å²) in [5.41, 5.74) is -0.486. The molecule has 4 nitrogen and oxygen atoms in total. The summed E-state index contributed by atoms with van der Waals surface area (Å²) in [4.78, 5) is -0.0464. The maximum atomic E-state index is 13.3. The third-order valence-corrected chi connectivity index (χ3v) is 5.81. The van der Waals surface area contributed by atoms with E-state index in [1.54, 1.807) is 6.08 Å². The fourth-order valence-electron chi connectivity index (χ4n) is 2.81. The van der Waals surface area contributed by atoms with Crippen LogP contribution in [0.1, 0.15) is 19.3 Å². The molecule has 0 bridgehead atoms. The van der Waals surface area contributed by atoms with Crippen LogP contribution in [-0.2, 0) is 10.0 Å². The summed E-state index contributed by atoms with van der Waals surface area (Å²) in [5, 5.41) is 9.64. The number of benzene rings is 1. The van der Waals surface area contributed by atoms with Gasteiger partial charge in [-0.05, 0) is 37.5 Å². The van der Waals surface area contributed by atoms with E-state index < -0.39 is 21.3 Å². The highest BCUT2D eigenvalue weighted by molar-refractivity contribution is 7.89. The molecule has 1 saturated heterocycles. The van der Waals surface area contributed by atoms with Gasteiger partial charge in [-0.25, -0.2) is 12.8 Å². The van der Waals surface area contributed by atoms with E-state index in [0.29, 0.717) is 19.4 Å². The zero-order valence-electron chi connectivity index (χ0n) is 11.8. The van der Waals surface area contributed by atoms with Gasteiger partial charge in [0.1, 0.15) is 5.82 Å². The number of aliphatic hydroxyl groups excluding tert-OH is 1. The molecule has 1 fully saturated rings. The molecular weight excluding hydrogens is 293 g/mol. The van der Waals surface area contributed by atoms with Crippen molar-refractivity contribution in [2.45, 2.75) is 24.2 Å². The zero-order valence-corrected chi connectivity index (χ0v) is 12.7. The maximum absolute atomic E-state index is 13.3. The van der Waals surface area contributed by atoms with Crippen molar-refractivity contribution in [2.24, 2.45) is 5.41 Å². The molecule has 2 rings (SSSR count). The van der Waals surface area contributed by atoms with Crippen LogP contribution in [0.25, 0.3) is 0 Å². The normalized spacial score (nSPS) is 23.9. The van der Waals surface area contributed by atoms with Gasteiger partial charge in [-0.3, -0.25) is 0 Å². The van der Waals surface area contributed by atoms with Crippen LogP contribution in [0.2, 0.25) is 0 Å². The zero-order chi connectivity index (χ0) is 15.5. The minimum Gasteiger partial charge on any atom is -0.396 e. The molecule has 1 aliphatic rings. The topological polar surface area (TPSA) is 57.6 Å². The van der Waals surface area contributed by atoms with Gasteiger partial charge in [0, 0.05) is 18.5 Å². The first-order chi connectivity index (χ1) is 9.93. The van der Waals surface area contributed by atoms with Crippen molar-refractivity contribution in [3.8, 4) is 0 Å². The van der Waals surface area contributed by atoms with E-state index in [1.807, 2.05) is 0 Å². The Bertz CT molecular complexity index is 617. The fourth-order valence-corrected chi connectivity index (χ4v) is 4.43. The minimum absolute atomic E-state index is 0.0464. The van der Waals surface area contributed by atoms with Gasteiger partial charge >= 0.3 is 0 Å². The van der Waals surface area contributed by atoms with Gasteiger partial charge in [-0.2, -0.15) is 4.31 Å². The SMILES string of the molecule is C=CC[C@]1(CO)CCCN(S(=O)(=O)c2cccc(F)c2)C1. The second-order valence-electron chi connectivity index (χ2n) is 5.55. The molecule has 0 spiro atoms. The van der Waals surface area contributed by atoms with Crippen LogP contribution in [-0.4, -0.2) is 37.5 Å². The first-order valence-corrected chi connectivity index (χ1v) is 8.35. The lowest BCUT2D eigenvalue weighted by atomic mass is 9.79. The summed E-state index contributed by atoms with van der Waals surface area (Å²) in [6, 6.07) is 5.01. The molecule has 116 valence electrons. The molecule has 1 N–H and O–H groups in total. The Morgan fingerprint density at radius 2 is 2.24 bits per heavy atom. The van der Waals surface area contributed by atoms with Crippen molar-refractivity contribution in [2.75, 3.05) is 19.7 Å². The van der Waals surface area contributed by atoms with Crippen LogP contribution in [0.5, 0.6) is 0 Å². The first kappa shape index (κ1) is 16.1. The Hall–Kier alpha value is -1.24. The average molecular weight is 313 g/mol. The standard InChI is InChI=1S/C15H20FNO3S/c1-2-7-15(12-18)8-4-9-17(11-15)21(19,20)14-6-3-5-13(16)10-14/h2-3,5-6,10,18H,1,4,7-9,11-12H2/t15-/m0/s1. The van der Waals surface area contributed by atoms with Crippen molar-refractivity contribution < 1.29 is 17.9 Å². The molecule has 0 radical (unpaired) electrons. The highest BCUT2D eigenvalue weighted by atomic mass is 32.2. The molecule has 1 aromatic rings. The van der Waals surface area contributed by atoms with Crippen LogP contribution in [0.3, 0.4) is 0 Å². The van der Waals surface area contributed by atoms with Gasteiger partial charge in [0.15, 0.2) is 0 Å². The molecule has 21 heavy (non-hydrogen) atoms. The lowest BCUT2D eigenvalue weighted by Gasteiger charge is -2.40. The molecular formula is C15H20FNO3S. The smallest absolute Gasteiger partial charge is 0.243 e. The Morgan fingerprint density at radius 1 is 1.48 bits per heavy atom. The van der Waals surface area contributed by atoms with Crippen molar-refractivity contribution in [1.82, 2.24) is 4.31 Å². The van der Waals surface area contributed by atoms with E-state index in [0.717, 1.165) is 12.5 Å². The Kier molecular flexibility index (Phi) is 4.81. The summed E-state index contributed by atoms with van der Waals surface area (Å²) in [7, 11) is -3.74.